The molecule has 24 heavy (non-hydrogen) atoms. The number of nitrogens with one attached hydrogen (secondary N) is 1. The SMILES string of the molecule is Cl.O=C(C1CC12CCNCC2)N1CCCC1Cc1ccccc1Cl. The molecule has 0 radical (unpaired) electrons. The monoisotopic (exact) mass is 368 g/mol. The van der Waals surface area contributed by atoms with Crippen LogP contribution < -0.4 is 5.32 Å². The maximum absolute atomic E-state index is 13.0. The van der Waals surface area contributed by atoms with Crippen molar-refractivity contribution < 1.29 is 4.79 Å². The first-order valence-corrected chi connectivity index (χ1v) is 9.32. The molecule has 1 amide bonds. The third kappa shape index (κ3) is 3.31. The molecular formula is C19H26Cl2N2O. The molecule has 1 aromatic carbocycles. The van der Waals surface area contributed by atoms with Crippen LogP contribution >= 0.6 is 24.0 Å². The minimum Gasteiger partial charge on any atom is -0.339 e. The number of halogens is 2. The number of likely N-dealkylation sites (tertiary alicyclic amines) is 1. The van der Waals surface area contributed by atoms with Crippen molar-refractivity contribution in [3.05, 3.63) is 34.9 Å². The van der Waals surface area contributed by atoms with Crippen LogP contribution in [0.15, 0.2) is 24.3 Å². The standard InChI is InChI=1S/C19H25ClN2O.ClH/c20-17-6-2-1-4-14(17)12-15-5-3-11-22(15)18(23)16-13-19(16)7-9-21-10-8-19;/h1-2,4,6,15-16,21H,3,5,7-13H2;1H. The maximum atomic E-state index is 13.0. The molecule has 0 aromatic heterocycles. The Morgan fingerprint density at radius 3 is 2.79 bits per heavy atom. The average molecular weight is 369 g/mol. The average Bonchev–Trinajstić information content (AvgIpc) is 3.04. The molecule has 5 heteroatoms. The van der Waals surface area contributed by atoms with Crippen LogP contribution in [0.5, 0.6) is 0 Å². The lowest BCUT2D eigenvalue weighted by atomic mass is 9.91. The number of hydrogen-bond acceptors (Lipinski definition) is 2. The van der Waals surface area contributed by atoms with E-state index in [9.17, 15) is 4.79 Å². The molecule has 3 aliphatic rings. The summed E-state index contributed by atoms with van der Waals surface area (Å²) in [6, 6.07) is 8.38. The lowest BCUT2D eigenvalue weighted by Crippen LogP contribution is -2.40. The van der Waals surface area contributed by atoms with Gasteiger partial charge in [0.15, 0.2) is 0 Å². The third-order valence-corrected chi connectivity index (χ3v) is 6.53. The first-order valence-electron chi connectivity index (χ1n) is 8.94. The molecule has 4 rings (SSSR count). The Balaban J connectivity index is 0.00000169. The largest absolute Gasteiger partial charge is 0.339 e. The molecule has 1 aromatic rings. The minimum absolute atomic E-state index is 0. The van der Waals surface area contributed by atoms with E-state index in [2.05, 4.69) is 16.3 Å². The van der Waals surface area contributed by atoms with Gasteiger partial charge in [0, 0.05) is 23.5 Å². The predicted octanol–water partition coefficient (Wildman–Crippen LogP) is 3.69. The molecule has 2 aliphatic heterocycles. The highest BCUT2D eigenvalue weighted by Crippen LogP contribution is 2.59. The van der Waals surface area contributed by atoms with E-state index < -0.39 is 0 Å². The summed E-state index contributed by atoms with van der Waals surface area (Å²) in [5, 5.41) is 4.24. The van der Waals surface area contributed by atoms with Gasteiger partial charge in [-0.15, -0.1) is 12.4 Å². The van der Waals surface area contributed by atoms with Crippen LogP contribution in [0.25, 0.3) is 0 Å². The van der Waals surface area contributed by atoms with E-state index in [-0.39, 0.29) is 18.3 Å². The second-order valence-corrected chi connectivity index (χ2v) is 7.90. The summed E-state index contributed by atoms with van der Waals surface area (Å²) >= 11 is 6.31. The van der Waals surface area contributed by atoms with Crippen molar-refractivity contribution in [1.29, 1.82) is 0 Å². The Hall–Kier alpha value is -0.770. The van der Waals surface area contributed by atoms with E-state index in [4.69, 9.17) is 11.6 Å². The highest BCUT2D eigenvalue weighted by Gasteiger charge is 2.59. The van der Waals surface area contributed by atoms with Crippen LogP contribution in [0, 0.1) is 11.3 Å². The van der Waals surface area contributed by atoms with E-state index in [0.29, 0.717) is 17.4 Å². The quantitative estimate of drug-likeness (QED) is 0.882. The van der Waals surface area contributed by atoms with Crippen LogP contribution in [0.4, 0.5) is 0 Å². The van der Waals surface area contributed by atoms with Crippen molar-refractivity contribution in [2.24, 2.45) is 11.3 Å². The molecule has 1 aliphatic carbocycles. The van der Waals surface area contributed by atoms with E-state index in [1.807, 2.05) is 18.2 Å². The van der Waals surface area contributed by atoms with E-state index in [1.54, 1.807) is 0 Å². The van der Waals surface area contributed by atoms with Crippen molar-refractivity contribution in [2.75, 3.05) is 19.6 Å². The molecule has 2 saturated heterocycles. The number of nitrogens with zero attached hydrogens (tertiary/aromatic N) is 1. The van der Waals surface area contributed by atoms with E-state index in [0.717, 1.165) is 50.3 Å². The molecule has 3 fully saturated rings. The van der Waals surface area contributed by atoms with E-state index in [1.165, 1.54) is 18.4 Å². The van der Waals surface area contributed by atoms with Crippen LogP contribution in [-0.2, 0) is 11.2 Å². The Labute approximate surface area is 155 Å². The van der Waals surface area contributed by atoms with Gasteiger partial charge in [-0.05, 0) is 68.7 Å². The normalized spacial score (nSPS) is 27.8. The van der Waals surface area contributed by atoms with Gasteiger partial charge in [0.1, 0.15) is 0 Å². The number of piperidine rings is 1. The highest BCUT2D eigenvalue weighted by molar-refractivity contribution is 6.31. The smallest absolute Gasteiger partial charge is 0.226 e. The maximum Gasteiger partial charge on any atom is 0.226 e. The summed E-state index contributed by atoms with van der Waals surface area (Å²) in [6.07, 6.45) is 6.59. The first kappa shape index (κ1) is 18.0. The summed E-state index contributed by atoms with van der Waals surface area (Å²) in [5.74, 6) is 0.706. The Kier molecular flexibility index (Phi) is 5.43. The van der Waals surface area contributed by atoms with Crippen LogP contribution in [0.1, 0.15) is 37.7 Å². The number of benzene rings is 1. The first-order chi connectivity index (χ1) is 11.2. The fraction of sp³-hybridized carbons (Fsp3) is 0.632. The van der Waals surface area contributed by atoms with Gasteiger partial charge in [-0.2, -0.15) is 0 Å². The molecule has 2 atom stereocenters. The number of carbonyl (C=O) groups is 1. The molecule has 1 saturated carbocycles. The van der Waals surface area contributed by atoms with E-state index >= 15 is 0 Å². The molecule has 3 nitrogen and oxygen atoms in total. The Bertz CT molecular complexity index is 601. The third-order valence-electron chi connectivity index (χ3n) is 6.16. The van der Waals surface area contributed by atoms with Crippen LogP contribution in [0.3, 0.4) is 0 Å². The summed E-state index contributed by atoms with van der Waals surface area (Å²) in [7, 11) is 0. The van der Waals surface area contributed by atoms with Gasteiger partial charge < -0.3 is 10.2 Å². The van der Waals surface area contributed by atoms with Crippen molar-refractivity contribution in [2.45, 2.75) is 44.6 Å². The van der Waals surface area contributed by atoms with Crippen LogP contribution in [-0.4, -0.2) is 36.5 Å². The number of carbonyl (C=O) groups excluding carboxylic acids is 1. The van der Waals surface area contributed by atoms with Crippen molar-refractivity contribution in [3.63, 3.8) is 0 Å². The zero-order valence-corrected chi connectivity index (χ0v) is 15.5. The predicted molar refractivity (Wildman–Crippen MR) is 99.8 cm³/mol. The molecule has 1 N–H and O–H groups in total. The number of amides is 1. The van der Waals surface area contributed by atoms with Gasteiger partial charge >= 0.3 is 0 Å². The van der Waals surface area contributed by atoms with Gasteiger partial charge in [-0.1, -0.05) is 29.8 Å². The number of hydrogen-bond donors (Lipinski definition) is 1. The fourth-order valence-corrected chi connectivity index (χ4v) is 4.84. The van der Waals surface area contributed by atoms with Crippen molar-refractivity contribution in [3.8, 4) is 0 Å². The second-order valence-electron chi connectivity index (χ2n) is 7.49. The molecule has 0 bridgehead atoms. The number of rotatable bonds is 3. The topological polar surface area (TPSA) is 32.3 Å². The van der Waals surface area contributed by atoms with Crippen LogP contribution in [0.2, 0.25) is 5.02 Å². The molecule has 2 heterocycles. The van der Waals surface area contributed by atoms with Gasteiger partial charge in [0.05, 0.1) is 0 Å². The Morgan fingerprint density at radius 1 is 1.29 bits per heavy atom. The van der Waals surface area contributed by atoms with Gasteiger partial charge in [-0.25, -0.2) is 0 Å². The molecule has 2 unspecified atom stereocenters. The van der Waals surface area contributed by atoms with Gasteiger partial charge in [0.25, 0.3) is 0 Å². The van der Waals surface area contributed by atoms with Crippen molar-refractivity contribution >= 4 is 29.9 Å². The summed E-state index contributed by atoms with van der Waals surface area (Å²) in [5.41, 5.74) is 1.51. The second kappa shape index (κ2) is 7.23. The van der Waals surface area contributed by atoms with Gasteiger partial charge in [-0.3, -0.25) is 4.79 Å². The highest BCUT2D eigenvalue weighted by atomic mass is 35.5. The zero-order valence-electron chi connectivity index (χ0n) is 14.0. The minimum atomic E-state index is 0. The lowest BCUT2D eigenvalue weighted by Gasteiger charge is -2.28. The molecule has 132 valence electrons. The summed E-state index contributed by atoms with van der Waals surface area (Å²) in [6.45, 7) is 3.08. The summed E-state index contributed by atoms with van der Waals surface area (Å²) < 4.78 is 0. The summed E-state index contributed by atoms with van der Waals surface area (Å²) in [4.78, 5) is 15.2. The zero-order chi connectivity index (χ0) is 15.9. The lowest BCUT2D eigenvalue weighted by molar-refractivity contribution is -0.134. The molecular weight excluding hydrogens is 343 g/mol. The Morgan fingerprint density at radius 2 is 2.04 bits per heavy atom. The molecule has 1 spiro atoms. The fourth-order valence-electron chi connectivity index (χ4n) is 4.63. The van der Waals surface area contributed by atoms with Gasteiger partial charge in [0.2, 0.25) is 5.91 Å². The van der Waals surface area contributed by atoms with Crippen molar-refractivity contribution in [1.82, 2.24) is 10.2 Å².